The van der Waals surface area contributed by atoms with Crippen LogP contribution in [0.4, 0.5) is 4.39 Å². The molecule has 5 nitrogen and oxygen atoms in total. The van der Waals surface area contributed by atoms with Gasteiger partial charge in [0.05, 0.1) is 24.5 Å². The topological polar surface area (TPSA) is 63.7 Å². The van der Waals surface area contributed by atoms with E-state index in [1.165, 1.54) is 30.2 Å². The van der Waals surface area contributed by atoms with E-state index < -0.39 is 21.7 Å². The molecule has 1 aromatic rings. The van der Waals surface area contributed by atoms with Gasteiger partial charge >= 0.3 is 0 Å². The Labute approximate surface area is 140 Å². The smallest absolute Gasteiger partial charge is 0.227 e. The third kappa shape index (κ3) is 4.65. The Morgan fingerprint density at radius 1 is 1.48 bits per heavy atom. The molecule has 1 aliphatic rings. The largest absolute Gasteiger partial charge is 0.383 e. The minimum absolute atomic E-state index is 0.0620. The third-order valence-electron chi connectivity index (χ3n) is 3.90. The van der Waals surface area contributed by atoms with Gasteiger partial charge in [-0.1, -0.05) is 17.7 Å². The lowest BCUT2D eigenvalue weighted by Crippen LogP contribution is -2.44. The van der Waals surface area contributed by atoms with Gasteiger partial charge in [-0.2, -0.15) is 0 Å². The van der Waals surface area contributed by atoms with Crippen molar-refractivity contribution in [2.75, 3.05) is 31.8 Å². The van der Waals surface area contributed by atoms with Crippen LogP contribution in [0.15, 0.2) is 18.2 Å². The predicted molar refractivity (Wildman–Crippen MR) is 85.8 cm³/mol. The Balaban J connectivity index is 2.17. The van der Waals surface area contributed by atoms with Crippen molar-refractivity contribution in [3.05, 3.63) is 34.6 Å². The highest BCUT2D eigenvalue weighted by Gasteiger charge is 2.34. The molecule has 2 rings (SSSR count). The molecule has 0 N–H and O–H groups in total. The first-order valence-electron chi connectivity index (χ1n) is 7.26. The number of methoxy groups -OCH3 is 1. The highest BCUT2D eigenvalue weighted by Crippen LogP contribution is 2.23. The van der Waals surface area contributed by atoms with Crippen molar-refractivity contribution >= 4 is 27.3 Å². The number of hydrogen-bond donors (Lipinski definition) is 0. The van der Waals surface area contributed by atoms with Gasteiger partial charge in [-0.25, -0.2) is 12.8 Å². The van der Waals surface area contributed by atoms with Crippen LogP contribution in [-0.2, 0) is 25.8 Å². The SMILES string of the molecule is COCCN(C(=O)Cc1c(F)cccc1Cl)C1CCS(=O)(=O)C1. The maximum absolute atomic E-state index is 13.9. The van der Waals surface area contributed by atoms with Crippen LogP contribution in [0.5, 0.6) is 0 Å². The Bertz CT molecular complexity index is 660. The van der Waals surface area contributed by atoms with Crippen molar-refractivity contribution in [2.24, 2.45) is 0 Å². The fraction of sp³-hybridized carbons (Fsp3) is 0.533. The average Bonchev–Trinajstić information content (AvgIpc) is 2.83. The van der Waals surface area contributed by atoms with Crippen molar-refractivity contribution < 1.29 is 22.3 Å². The molecule has 0 aromatic heterocycles. The number of carbonyl (C=O) groups is 1. The summed E-state index contributed by atoms with van der Waals surface area (Å²) in [7, 11) is -1.62. The lowest BCUT2D eigenvalue weighted by molar-refractivity contribution is -0.133. The van der Waals surface area contributed by atoms with Gasteiger partial charge in [0.25, 0.3) is 0 Å². The summed E-state index contributed by atoms with van der Waals surface area (Å²) in [5.41, 5.74) is 0.127. The van der Waals surface area contributed by atoms with Crippen molar-refractivity contribution in [3.8, 4) is 0 Å². The molecule has 1 amide bonds. The lowest BCUT2D eigenvalue weighted by atomic mass is 10.1. The van der Waals surface area contributed by atoms with Crippen molar-refractivity contribution in [3.63, 3.8) is 0 Å². The van der Waals surface area contributed by atoms with Gasteiger partial charge in [-0.15, -0.1) is 0 Å². The van der Waals surface area contributed by atoms with Gasteiger partial charge in [0.1, 0.15) is 5.82 Å². The molecule has 0 aliphatic carbocycles. The summed E-state index contributed by atoms with van der Waals surface area (Å²) < 4.78 is 42.2. The molecule has 1 aromatic carbocycles. The highest BCUT2D eigenvalue weighted by molar-refractivity contribution is 7.91. The van der Waals surface area contributed by atoms with E-state index in [9.17, 15) is 17.6 Å². The van der Waals surface area contributed by atoms with E-state index in [1.54, 1.807) is 0 Å². The molecule has 1 saturated heterocycles. The Kier molecular flexibility index (Phi) is 6.00. The third-order valence-corrected chi connectivity index (χ3v) is 6.00. The number of nitrogens with zero attached hydrogens (tertiary/aromatic N) is 1. The van der Waals surface area contributed by atoms with E-state index in [0.29, 0.717) is 6.42 Å². The van der Waals surface area contributed by atoms with Crippen LogP contribution >= 0.6 is 11.6 Å². The summed E-state index contributed by atoms with van der Waals surface area (Å²) in [4.78, 5) is 14.0. The van der Waals surface area contributed by atoms with Crippen LogP contribution in [0.3, 0.4) is 0 Å². The number of ether oxygens (including phenoxy) is 1. The molecule has 0 saturated carbocycles. The monoisotopic (exact) mass is 363 g/mol. The first-order valence-corrected chi connectivity index (χ1v) is 9.45. The molecular weight excluding hydrogens is 345 g/mol. The Morgan fingerprint density at radius 3 is 2.78 bits per heavy atom. The standard InChI is InChI=1S/C15H19ClFNO4S/c1-22-7-6-18(11-5-8-23(20,21)10-11)15(19)9-12-13(16)3-2-4-14(12)17/h2-4,11H,5-10H2,1H3. The summed E-state index contributed by atoms with van der Waals surface area (Å²) in [6.45, 7) is 0.550. The molecule has 0 bridgehead atoms. The molecule has 1 unspecified atom stereocenters. The maximum Gasteiger partial charge on any atom is 0.227 e. The van der Waals surface area contributed by atoms with E-state index in [2.05, 4.69) is 0 Å². The second-order valence-electron chi connectivity index (χ2n) is 5.51. The normalized spacial score (nSPS) is 19.7. The summed E-state index contributed by atoms with van der Waals surface area (Å²) in [5, 5.41) is 0.184. The number of halogens is 2. The zero-order chi connectivity index (χ0) is 17.0. The second kappa shape index (κ2) is 7.59. The van der Waals surface area contributed by atoms with Crippen LogP contribution in [0, 0.1) is 5.82 Å². The van der Waals surface area contributed by atoms with E-state index >= 15 is 0 Å². The summed E-state index contributed by atoms with van der Waals surface area (Å²) in [6.07, 6.45) is 0.189. The van der Waals surface area contributed by atoms with Gasteiger partial charge in [0, 0.05) is 30.3 Å². The molecule has 8 heteroatoms. The summed E-state index contributed by atoms with van der Waals surface area (Å²) in [5.74, 6) is -0.893. The highest BCUT2D eigenvalue weighted by atomic mass is 35.5. The molecule has 1 aliphatic heterocycles. The van der Waals surface area contributed by atoms with Crippen molar-refractivity contribution in [1.29, 1.82) is 0 Å². The van der Waals surface area contributed by atoms with Gasteiger partial charge in [0.2, 0.25) is 5.91 Å². The molecule has 0 spiro atoms. The minimum Gasteiger partial charge on any atom is -0.383 e. The zero-order valence-corrected chi connectivity index (χ0v) is 14.4. The van der Waals surface area contributed by atoms with Crippen LogP contribution in [0.2, 0.25) is 5.02 Å². The molecule has 1 fully saturated rings. The first-order chi connectivity index (χ1) is 10.8. The lowest BCUT2D eigenvalue weighted by Gasteiger charge is -2.28. The number of rotatable bonds is 6. The zero-order valence-electron chi connectivity index (χ0n) is 12.8. The predicted octanol–water partition coefficient (Wildman–Crippen LogP) is 1.68. The van der Waals surface area contributed by atoms with E-state index in [1.807, 2.05) is 0 Å². The maximum atomic E-state index is 13.9. The molecule has 23 heavy (non-hydrogen) atoms. The quantitative estimate of drug-likeness (QED) is 0.771. The van der Waals surface area contributed by atoms with Crippen LogP contribution in [0.25, 0.3) is 0 Å². The van der Waals surface area contributed by atoms with Crippen molar-refractivity contribution in [2.45, 2.75) is 18.9 Å². The van der Waals surface area contributed by atoms with E-state index in [-0.39, 0.29) is 47.6 Å². The Morgan fingerprint density at radius 2 is 2.22 bits per heavy atom. The van der Waals surface area contributed by atoms with Gasteiger partial charge in [-0.05, 0) is 18.6 Å². The van der Waals surface area contributed by atoms with Crippen LogP contribution < -0.4 is 0 Å². The van der Waals surface area contributed by atoms with Crippen LogP contribution in [-0.4, -0.2) is 57.0 Å². The molecule has 0 radical (unpaired) electrons. The number of hydrogen-bond acceptors (Lipinski definition) is 4. The number of amides is 1. The molecule has 1 atom stereocenters. The number of carbonyl (C=O) groups excluding carboxylic acids is 1. The molecular formula is C15H19ClFNO4S. The summed E-state index contributed by atoms with van der Waals surface area (Å²) >= 11 is 5.96. The van der Waals surface area contributed by atoms with Gasteiger partial charge in [-0.3, -0.25) is 4.79 Å². The fourth-order valence-electron chi connectivity index (χ4n) is 2.68. The van der Waals surface area contributed by atoms with Gasteiger partial charge < -0.3 is 9.64 Å². The second-order valence-corrected chi connectivity index (χ2v) is 8.15. The van der Waals surface area contributed by atoms with E-state index in [4.69, 9.17) is 16.3 Å². The minimum atomic E-state index is -3.12. The van der Waals surface area contributed by atoms with Crippen molar-refractivity contribution in [1.82, 2.24) is 4.90 Å². The van der Waals surface area contributed by atoms with E-state index in [0.717, 1.165) is 0 Å². The summed E-state index contributed by atoms with van der Waals surface area (Å²) in [6, 6.07) is 3.84. The molecule has 1 heterocycles. The Hall–Kier alpha value is -1.18. The molecule has 128 valence electrons. The first kappa shape index (κ1) is 18.2. The number of sulfone groups is 1. The average molecular weight is 364 g/mol. The number of benzene rings is 1. The fourth-order valence-corrected chi connectivity index (χ4v) is 4.64. The van der Waals surface area contributed by atoms with Gasteiger partial charge in [0.15, 0.2) is 9.84 Å². The van der Waals surface area contributed by atoms with Crippen LogP contribution in [0.1, 0.15) is 12.0 Å².